The number of aryl methyl sites for hydroxylation is 1. The van der Waals surface area contributed by atoms with Crippen LogP contribution in [0.4, 0.5) is 0 Å². The smallest absolute Gasteiger partial charge is 0.162 e. The van der Waals surface area contributed by atoms with E-state index in [0.717, 1.165) is 29.7 Å². The summed E-state index contributed by atoms with van der Waals surface area (Å²) in [6.45, 7) is 8.93. The van der Waals surface area contributed by atoms with E-state index in [0.29, 0.717) is 44.1 Å². The van der Waals surface area contributed by atoms with Gasteiger partial charge in [0, 0.05) is 30.8 Å². The number of benzene rings is 1. The quantitative estimate of drug-likeness (QED) is 0.830. The number of rotatable bonds is 3. The van der Waals surface area contributed by atoms with Crippen molar-refractivity contribution in [3.05, 3.63) is 58.1 Å². The highest BCUT2D eigenvalue weighted by atomic mass is 16.5. The summed E-state index contributed by atoms with van der Waals surface area (Å²) in [6.07, 6.45) is 2.17. The van der Waals surface area contributed by atoms with Gasteiger partial charge in [0.2, 0.25) is 0 Å². The first-order valence-electron chi connectivity index (χ1n) is 10.7. The number of nitrogens with zero attached hydrogens (tertiary/aromatic N) is 3. The van der Waals surface area contributed by atoms with Gasteiger partial charge >= 0.3 is 0 Å². The fourth-order valence-corrected chi connectivity index (χ4v) is 4.85. The van der Waals surface area contributed by atoms with Crippen LogP contribution in [0.1, 0.15) is 50.7 Å². The van der Waals surface area contributed by atoms with Crippen LogP contribution in [0.2, 0.25) is 0 Å². The number of hydrazine groups is 1. The summed E-state index contributed by atoms with van der Waals surface area (Å²) in [5.74, 6) is 0.148. The first-order chi connectivity index (χ1) is 14.4. The molecule has 1 fully saturated rings. The Bertz CT molecular complexity index is 946. The maximum absolute atomic E-state index is 13.4. The van der Waals surface area contributed by atoms with Crippen molar-refractivity contribution in [1.29, 1.82) is 5.26 Å². The summed E-state index contributed by atoms with van der Waals surface area (Å²) >= 11 is 0. The molecule has 2 heterocycles. The summed E-state index contributed by atoms with van der Waals surface area (Å²) in [4.78, 5) is 13.4. The third-order valence-corrected chi connectivity index (χ3v) is 6.35. The van der Waals surface area contributed by atoms with E-state index in [1.54, 1.807) is 0 Å². The van der Waals surface area contributed by atoms with Crippen LogP contribution in [0, 0.1) is 16.7 Å². The summed E-state index contributed by atoms with van der Waals surface area (Å²) in [6, 6.07) is 10.6. The minimum Gasteiger partial charge on any atom is -0.383 e. The molecule has 30 heavy (non-hydrogen) atoms. The van der Waals surface area contributed by atoms with Crippen LogP contribution in [0.15, 0.2) is 46.9 Å². The molecule has 3 aliphatic rings. The summed E-state index contributed by atoms with van der Waals surface area (Å²) in [7, 11) is 0. The van der Waals surface area contributed by atoms with Crippen LogP contribution in [0.5, 0.6) is 0 Å². The molecule has 1 atom stereocenters. The molecule has 6 heteroatoms. The Morgan fingerprint density at radius 3 is 2.47 bits per heavy atom. The molecule has 1 aromatic rings. The second kappa shape index (κ2) is 7.90. The van der Waals surface area contributed by atoms with Gasteiger partial charge < -0.3 is 10.5 Å². The molecule has 2 N–H and O–H groups in total. The summed E-state index contributed by atoms with van der Waals surface area (Å²) < 4.78 is 5.52. The van der Waals surface area contributed by atoms with Crippen LogP contribution in [-0.2, 0) is 16.0 Å². The third kappa shape index (κ3) is 3.53. The topological polar surface area (TPSA) is 82.6 Å². The Morgan fingerprint density at radius 1 is 1.20 bits per heavy atom. The van der Waals surface area contributed by atoms with Crippen molar-refractivity contribution < 1.29 is 9.53 Å². The van der Waals surface area contributed by atoms with E-state index in [4.69, 9.17) is 10.5 Å². The van der Waals surface area contributed by atoms with Gasteiger partial charge in [-0.15, -0.1) is 0 Å². The van der Waals surface area contributed by atoms with Gasteiger partial charge in [-0.05, 0) is 29.4 Å². The van der Waals surface area contributed by atoms with Crippen molar-refractivity contribution >= 4 is 5.78 Å². The van der Waals surface area contributed by atoms with Gasteiger partial charge in [0.15, 0.2) is 5.78 Å². The molecule has 0 radical (unpaired) electrons. The van der Waals surface area contributed by atoms with Gasteiger partial charge in [0.05, 0.1) is 30.8 Å². The highest BCUT2D eigenvalue weighted by molar-refractivity contribution is 6.00. The van der Waals surface area contributed by atoms with Crippen molar-refractivity contribution in [2.45, 2.75) is 46.0 Å². The van der Waals surface area contributed by atoms with E-state index in [1.807, 2.05) is 17.1 Å². The largest absolute Gasteiger partial charge is 0.383 e. The lowest BCUT2D eigenvalue weighted by Gasteiger charge is -2.48. The van der Waals surface area contributed by atoms with Gasteiger partial charge in [0.1, 0.15) is 5.82 Å². The SMILES string of the molecule is CCc1ccc([C@H]2C(C#N)=C(N)N(N3CCOCC3)C3=C2C(=O)CC(C)(C)C3)cc1. The van der Waals surface area contributed by atoms with E-state index in [2.05, 4.69) is 44.0 Å². The Balaban J connectivity index is 1.89. The van der Waals surface area contributed by atoms with Crippen LogP contribution in [0.3, 0.4) is 0 Å². The molecule has 158 valence electrons. The molecule has 0 aromatic heterocycles. The molecule has 0 bridgehead atoms. The Hall–Kier alpha value is -2.62. The van der Waals surface area contributed by atoms with E-state index in [9.17, 15) is 10.1 Å². The van der Waals surface area contributed by atoms with E-state index in [1.165, 1.54) is 5.56 Å². The van der Waals surface area contributed by atoms with Crippen molar-refractivity contribution in [3.63, 3.8) is 0 Å². The van der Waals surface area contributed by atoms with Gasteiger partial charge in [-0.1, -0.05) is 45.0 Å². The molecule has 0 amide bonds. The average Bonchev–Trinajstić information content (AvgIpc) is 2.73. The second-order valence-electron chi connectivity index (χ2n) is 9.12. The molecule has 6 nitrogen and oxygen atoms in total. The summed E-state index contributed by atoms with van der Waals surface area (Å²) in [5.41, 5.74) is 10.8. The van der Waals surface area contributed by atoms with Crippen molar-refractivity contribution in [2.75, 3.05) is 26.3 Å². The zero-order chi connectivity index (χ0) is 21.5. The minimum absolute atomic E-state index is 0.115. The lowest BCUT2D eigenvalue weighted by Crippen LogP contribution is -2.53. The number of Topliss-reactive ketones (excluding diaryl/α,β-unsaturated/α-hetero) is 1. The zero-order valence-electron chi connectivity index (χ0n) is 18.1. The predicted molar refractivity (Wildman–Crippen MR) is 115 cm³/mol. The van der Waals surface area contributed by atoms with Gasteiger partial charge in [-0.3, -0.25) is 9.80 Å². The van der Waals surface area contributed by atoms with Gasteiger partial charge in [-0.2, -0.15) is 5.26 Å². The first-order valence-corrected chi connectivity index (χ1v) is 10.7. The Labute approximate surface area is 178 Å². The van der Waals surface area contributed by atoms with Crippen molar-refractivity contribution in [1.82, 2.24) is 10.0 Å². The standard InChI is InChI=1S/C24H30N4O2/c1-4-16-5-7-17(8-6-16)21-18(15-25)23(26)28(27-9-11-30-12-10-27)19-13-24(2,3)14-20(29)22(19)21/h5-8,21H,4,9-14,26H2,1-3H3/t21-/m0/s1. The lowest BCUT2D eigenvalue weighted by atomic mass is 9.69. The molecule has 1 aliphatic carbocycles. The molecule has 4 rings (SSSR count). The highest BCUT2D eigenvalue weighted by Crippen LogP contribution is 2.49. The normalized spacial score (nSPS) is 24.7. The number of carbonyl (C=O) groups excluding carboxylic acids is 1. The molecular weight excluding hydrogens is 376 g/mol. The molecule has 0 saturated carbocycles. The van der Waals surface area contributed by atoms with Crippen LogP contribution >= 0.6 is 0 Å². The second-order valence-corrected chi connectivity index (χ2v) is 9.12. The maximum Gasteiger partial charge on any atom is 0.162 e. The van der Waals surface area contributed by atoms with Crippen LogP contribution in [-0.4, -0.2) is 42.1 Å². The fraction of sp³-hybridized carbons (Fsp3) is 0.500. The number of ether oxygens (including phenoxy) is 1. The number of allylic oxidation sites excluding steroid dienone is 3. The van der Waals surface area contributed by atoms with Crippen LogP contribution < -0.4 is 5.73 Å². The monoisotopic (exact) mass is 406 g/mol. The highest BCUT2D eigenvalue weighted by Gasteiger charge is 2.45. The van der Waals surface area contributed by atoms with Crippen LogP contribution in [0.25, 0.3) is 0 Å². The number of morpholine rings is 1. The predicted octanol–water partition coefficient (Wildman–Crippen LogP) is 3.23. The molecular formula is C24H30N4O2. The first kappa shape index (κ1) is 20.6. The molecule has 2 aliphatic heterocycles. The van der Waals surface area contributed by atoms with Gasteiger partial charge in [0.25, 0.3) is 0 Å². The number of hydrogen-bond acceptors (Lipinski definition) is 6. The average molecular weight is 407 g/mol. The molecule has 0 unspecified atom stereocenters. The zero-order valence-corrected chi connectivity index (χ0v) is 18.1. The number of hydrogen-bond donors (Lipinski definition) is 1. The molecule has 0 spiro atoms. The minimum atomic E-state index is -0.406. The third-order valence-electron chi connectivity index (χ3n) is 6.35. The Kier molecular flexibility index (Phi) is 5.44. The number of ketones is 1. The number of nitrogens with two attached hydrogens (primary N) is 1. The molecule has 1 aromatic carbocycles. The lowest BCUT2D eigenvalue weighted by molar-refractivity contribution is -0.119. The Morgan fingerprint density at radius 2 is 1.87 bits per heavy atom. The fourth-order valence-electron chi connectivity index (χ4n) is 4.85. The number of nitriles is 1. The number of carbonyl (C=O) groups is 1. The van der Waals surface area contributed by atoms with E-state index >= 15 is 0 Å². The van der Waals surface area contributed by atoms with Gasteiger partial charge in [-0.25, -0.2) is 5.01 Å². The maximum atomic E-state index is 13.4. The van der Waals surface area contributed by atoms with Crippen molar-refractivity contribution in [3.8, 4) is 6.07 Å². The van der Waals surface area contributed by atoms with Crippen molar-refractivity contribution in [2.24, 2.45) is 11.1 Å². The summed E-state index contributed by atoms with van der Waals surface area (Å²) in [5, 5.41) is 14.2. The van der Waals surface area contributed by atoms with E-state index < -0.39 is 5.92 Å². The molecule has 1 saturated heterocycles. The van der Waals surface area contributed by atoms with E-state index in [-0.39, 0.29) is 11.2 Å².